The second-order valence-corrected chi connectivity index (χ2v) is 7.32. The highest BCUT2D eigenvalue weighted by Gasteiger charge is 2.21. The van der Waals surface area contributed by atoms with E-state index in [0.717, 1.165) is 16.4 Å². The summed E-state index contributed by atoms with van der Waals surface area (Å²) < 4.78 is 32.6. The number of rotatable bonds is 3. The maximum atomic E-state index is 12.9. The Morgan fingerprint density at radius 3 is 2.76 bits per heavy atom. The molecule has 1 aromatic carbocycles. The summed E-state index contributed by atoms with van der Waals surface area (Å²) in [4.78, 5) is 27.7. The molecule has 25 heavy (non-hydrogen) atoms. The van der Waals surface area contributed by atoms with Crippen molar-refractivity contribution in [2.45, 2.75) is 17.8 Å². The fraction of sp³-hybridized carbons (Fsp3) is 0.231. The summed E-state index contributed by atoms with van der Waals surface area (Å²) in [5.41, 5.74) is -0.429. The number of aromatic nitrogens is 4. The van der Waals surface area contributed by atoms with Crippen molar-refractivity contribution in [1.82, 2.24) is 19.3 Å². The van der Waals surface area contributed by atoms with E-state index in [1.165, 1.54) is 37.5 Å². The van der Waals surface area contributed by atoms with Crippen molar-refractivity contribution in [2.75, 3.05) is 7.11 Å². The molecule has 0 radical (unpaired) electrons. The second-order valence-electron chi connectivity index (χ2n) is 4.70. The topological polar surface area (TPSA) is 79.0 Å². The van der Waals surface area contributed by atoms with Gasteiger partial charge >= 0.3 is 17.5 Å². The van der Waals surface area contributed by atoms with Crippen LogP contribution in [0.15, 0.2) is 21.3 Å². The second kappa shape index (κ2) is 6.73. The first kappa shape index (κ1) is 17.8. The molecule has 0 fully saturated rings. The van der Waals surface area contributed by atoms with Crippen LogP contribution in [0.1, 0.15) is 12.4 Å². The van der Waals surface area contributed by atoms with Crippen molar-refractivity contribution in [3.63, 3.8) is 0 Å². The lowest BCUT2D eigenvalue weighted by atomic mass is 10.3. The average molecular weight is 407 g/mol. The molecule has 0 saturated heterocycles. The maximum absolute atomic E-state index is 12.9. The normalized spacial score (nSPS) is 11.4. The number of aryl methyl sites for hydroxylation is 1. The Morgan fingerprint density at radius 2 is 2.16 bits per heavy atom. The minimum Gasteiger partial charge on any atom is -0.461 e. The number of thioether (sulfide) groups is 1. The van der Waals surface area contributed by atoms with Gasteiger partial charge in [-0.25, -0.2) is 19.1 Å². The number of halogens is 3. The molecule has 2 aromatic heterocycles. The molecule has 2 heterocycles. The number of carbonyl (C=O) groups is 1. The number of thiazole rings is 1. The van der Waals surface area contributed by atoms with Gasteiger partial charge in [-0.2, -0.15) is 13.5 Å². The largest absolute Gasteiger partial charge is 0.461 e. The molecule has 0 aliphatic rings. The number of methoxy groups -OCH3 is 1. The van der Waals surface area contributed by atoms with Crippen molar-refractivity contribution in [2.24, 2.45) is 0 Å². The number of alkyl halides is 2. The van der Waals surface area contributed by atoms with Crippen LogP contribution in [0, 0.1) is 6.92 Å². The molecule has 0 aliphatic heterocycles. The van der Waals surface area contributed by atoms with Crippen molar-refractivity contribution < 1.29 is 18.3 Å². The van der Waals surface area contributed by atoms with Crippen LogP contribution in [0.5, 0.6) is 0 Å². The van der Waals surface area contributed by atoms with Gasteiger partial charge in [0, 0.05) is 11.8 Å². The van der Waals surface area contributed by atoms with Gasteiger partial charge in [0.1, 0.15) is 5.82 Å². The number of hydrogen-bond donors (Lipinski definition) is 0. The summed E-state index contributed by atoms with van der Waals surface area (Å²) in [6.07, 6.45) is 0. The zero-order valence-electron chi connectivity index (χ0n) is 12.7. The van der Waals surface area contributed by atoms with E-state index < -0.39 is 17.5 Å². The maximum Gasteiger partial charge on any atom is 0.374 e. The summed E-state index contributed by atoms with van der Waals surface area (Å²) >= 11 is 8.19. The van der Waals surface area contributed by atoms with Gasteiger partial charge in [0.25, 0.3) is 0 Å². The minimum atomic E-state index is -3.01. The van der Waals surface area contributed by atoms with Gasteiger partial charge in [0.2, 0.25) is 0 Å². The monoisotopic (exact) mass is 406 g/mol. The van der Waals surface area contributed by atoms with Gasteiger partial charge in [0.05, 0.1) is 28.0 Å². The van der Waals surface area contributed by atoms with Gasteiger partial charge in [-0.1, -0.05) is 11.6 Å². The number of hydrogen-bond acceptors (Lipinski definition) is 7. The summed E-state index contributed by atoms with van der Waals surface area (Å²) in [7, 11) is 1.26. The van der Waals surface area contributed by atoms with Crippen LogP contribution in [0.4, 0.5) is 13.6 Å². The fourth-order valence-corrected chi connectivity index (χ4v) is 4.13. The Bertz CT molecular complexity index is 1030. The molecule has 3 rings (SSSR count). The molecule has 3 aromatic rings. The Balaban J connectivity index is 2.12. The predicted molar refractivity (Wildman–Crippen MR) is 90.3 cm³/mol. The highest BCUT2D eigenvalue weighted by Crippen LogP contribution is 2.34. The first-order valence-electron chi connectivity index (χ1n) is 6.64. The van der Waals surface area contributed by atoms with Gasteiger partial charge in [0.15, 0.2) is 4.34 Å². The summed E-state index contributed by atoms with van der Waals surface area (Å²) in [5.74, 6) is -0.142. The number of fused-ring (bicyclic) bond motifs is 1. The van der Waals surface area contributed by atoms with Crippen LogP contribution in [0.3, 0.4) is 0 Å². The highest BCUT2D eigenvalue weighted by atomic mass is 35.5. The molecule has 0 spiro atoms. The van der Waals surface area contributed by atoms with Crippen molar-refractivity contribution in [1.29, 1.82) is 0 Å². The van der Waals surface area contributed by atoms with Crippen molar-refractivity contribution >= 4 is 50.2 Å². The quantitative estimate of drug-likeness (QED) is 0.485. The van der Waals surface area contributed by atoms with Crippen LogP contribution >= 0.6 is 34.7 Å². The third-order valence-corrected chi connectivity index (χ3v) is 5.39. The predicted octanol–water partition coefficient (Wildman–Crippen LogP) is 3.86. The van der Waals surface area contributed by atoms with Crippen molar-refractivity contribution in [3.05, 3.63) is 33.5 Å². The Kier molecular flexibility index (Phi) is 4.80. The summed E-state index contributed by atoms with van der Waals surface area (Å²) in [5, 5.41) is 3.46. The smallest absolute Gasteiger partial charge is 0.374 e. The highest BCUT2D eigenvalue weighted by molar-refractivity contribution is 8.14. The van der Waals surface area contributed by atoms with E-state index in [1.807, 2.05) is 0 Å². The van der Waals surface area contributed by atoms with Crippen LogP contribution in [0.25, 0.3) is 15.9 Å². The average Bonchev–Trinajstić information content (AvgIpc) is 3.05. The van der Waals surface area contributed by atoms with Gasteiger partial charge in [-0.3, -0.25) is 0 Å². The fourth-order valence-electron chi connectivity index (χ4n) is 2.09. The SMILES string of the molecule is COC(=O)Sc1nc2cc(-n3nc(C)n(C(F)F)c3=O)c(Cl)cc2s1. The van der Waals surface area contributed by atoms with Gasteiger partial charge in [-0.05, 0) is 19.1 Å². The van der Waals surface area contributed by atoms with Gasteiger partial charge < -0.3 is 4.74 Å². The van der Waals surface area contributed by atoms with Gasteiger partial charge in [-0.15, -0.1) is 16.4 Å². The summed E-state index contributed by atoms with van der Waals surface area (Å²) in [6.45, 7) is -1.71. The third kappa shape index (κ3) is 3.26. The number of carbonyl (C=O) groups excluding carboxylic acids is 1. The van der Waals surface area contributed by atoms with Crippen molar-refractivity contribution in [3.8, 4) is 5.69 Å². The molecule has 0 N–H and O–H groups in total. The molecule has 0 amide bonds. The molecule has 7 nitrogen and oxygen atoms in total. The van der Waals surface area contributed by atoms with E-state index in [9.17, 15) is 18.4 Å². The van der Waals surface area contributed by atoms with E-state index in [4.69, 9.17) is 11.6 Å². The van der Waals surface area contributed by atoms with E-state index in [2.05, 4.69) is 14.8 Å². The lowest BCUT2D eigenvalue weighted by Gasteiger charge is -2.02. The van der Waals surface area contributed by atoms with Crippen LogP contribution in [-0.4, -0.2) is 31.7 Å². The zero-order chi connectivity index (χ0) is 18.3. The molecule has 12 heteroatoms. The first-order valence-corrected chi connectivity index (χ1v) is 8.65. The van der Waals surface area contributed by atoms with Crippen LogP contribution in [-0.2, 0) is 4.74 Å². The van der Waals surface area contributed by atoms with E-state index >= 15 is 0 Å². The lowest BCUT2D eigenvalue weighted by Crippen LogP contribution is -2.24. The Morgan fingerprint density at radius 1 is 1.44 bits per heavy atom. The lowest BCUT2D eigenvalue weighted by molar-refractivity contribution is 0.0640. The third-order valence-electron chi connectivity index (χ3n) is 3.18. The standard InChI is InChI=1S/C13H9ClF2N4O3S2/c1-5-18-20(12(21)19(5)10(15)16)8-4-7-9(3-6(8)14)24-11(17-7)25-13(22)23-2/h3-4,10H,1-2H3. The van der Waals surface area contributed by atoms with E-state index in [-0.39, 0.29) is 21.1 Å². The zero-order valence-corrected chi connectivity index (χ0v) is 15.1. The van der Waals surface area contributed by atoms with Crippen LogP contribution in [0.2, 0.25) is 5.02 Å². The molecule has 132 valence electrons. The number of ether oxygens (including phenoxy) is 1. The molecular weight excluding hydrogens is 398 g/mol. The number of nitrogens with zero attached hydrogens (tertiary/aromatic N) is 4. The Hall–Kier alpha value is -1.98. The number of benzene rings is 1. The van der Waals surface area contributed by atoms with E-state index in [0.29, 0.717) is 14.6 Å². The molecular formula is C13H9ClF2N4O3S2. The Labute approximate surface area is 152 Å². The van der Waals surface area contributed by atoms with Crippen LogP contribution < -0.4 is 5.69 Å². The summed E-state index contributed by atoms with van der Waals surface area (Å²) in [6, 6.07) is 2.99. The molecule has 0 bridgehead atoms. The molecule has 0 atom stereocenters. The first-order chi connectivity index (χ1) is 11.8. The molecule has 0 aliphatic carbocycles. The molecule has 0 unspecified atom stereocenters. The van der Waals surface area contributed by atoms with E-state index in [1.54, 1.807) is 0 Å². The molecule has 0 saturated carbocycles. The minimum absolute atomic E-state index is 0.126.